The summed E-state index contributed by atoms with van der Waals surface area (Å²) >= 11 is 0. The van der Waals surface area contributed by atoms with E-state index in [1.807, 2.05) is 0 Å². The Morgan fingerprint density at radius 3 is 2.00 bits per heavy atom. The second-order valence-electron chi connectivity index (χ2n) is 6.91. The molecule has 2 rings (SSSR count). The maximum Gasteiger partial charge on any atom is 0.0693 e. The molecule has 1 aromatic rings. The Bertz CT molecular complexity index is 484. The molecule has 1 aromatic carbocycles. The van der Waals surface area contributed by atoms with Crippen molar-refractivity contribution in [2.75, 3.05) is 0 Å². The number of hydrogen-bond donors (Lipinski definition) is 0. The van der Waals surface area contributed by atoms with Crippen molar-refractivity contribution in [3.05, 3.63) is 34.4 Å². The van der Waals surface area contributed by atoms with Gasteiger partial charge in [0.15, 0.2) is 0 Å². The SMILES string of the molecule is Cc1cc(C(C)(C)C)cc(C)c1CC1(C#N)CC1. The van der Waals surface area contributed by atoms with E-state index in [4.69, 9.17) is 0 Å². The summed E-state index contributed by atoms with van der Waals surface area (Å²) in [5.74, 6) is 0. The van der Waals surface area contributed by atoms with Crippen molar-refractivity contribution in [1.29, 1.82) is 5.26 Å². The number of nitriles is 1. The van der Waals surface area contributed by atoms with Gasteiger partial charge in [0.05, 0.1) is 11.5 Å². The molecule has 0 bridgehead atoms. The van der Waals surface area contributed by atoms with E-state index in [2.05, 4.69) is 52.8 Å². The van der Waals surface area contributed by atoms with Crippen LogP contribution in [0.2, 0.25) is 0 Å². The van der Waals surface area contributed by atoms with Crippen LogP contribution in [0.5, 0.6) is 0 Å². The lowest BCUT2D eigenvalue weighted by atomic mass is 9.82. The third-order valence-corrected chi connectivity index (χ3v) is 4.17. The summed E-state index contributed by atoms with van der Waals surface area (Å²) in [5.41, 5.74) is 5.63. The minimum absolute atomic E-state index is 0.0429. The van der Waals surface area contributed by atoms with Gasteiger partial charge in [0.25, 0.3) is 0 Å². The van der Waals surface area contributed by atoms with Gasteiger partial charge in [-0.25, -0.2) is 0 Å². The van der Waals surface area contributed by atoms with Gasteiger partial charge in [-0.3, -0.25) is 0 Å². The van der Waals surface area contributed by atoms with E-state index in [0.29, 0.717) is 0 Å². The molecule has 1 saturated carbocycles. The maximum atomic E-state index is 9.23. The fourth-order valence-electron chi connectivity index (χ4n) is 2.52. The van der Waals surface area contributed by atoms with Gasteiger partial charge in [0.1, 0.15) is 0 Å². The topological polar surface area (TPSA) is 23.8 Å². The van der Waals surface area contributed by atoms with E-state index in [0.717, 1.165) is 19.3 Å². The Labute approximate surface area is 111 Å². The molecule has 18 heavy (non-hydrogen) atoms. The molecule has 0 saturated heterocycles. The van der Waals surface area contributed by atoms with E-state index in [9.17, 15) is 5.26 Å². The standard InChI is InChI=1S/C17H23N/c1-12-8-14(16(3,4)5)9-13(2)15(12)10-17(11-18)6-7-17/h8-9H,6-7,10H2,1-5H3. The average Bonchev–Trinajstić information content (AvgIpc) is 3.02. The zero-order chi connectivity index (χ0) is 13.6. The molecule has 0 aliphatic heterocycles. The molecule has 0 unspecified atom stereocenters. The fraction of sp³-hybridized carbons (Fsp3) is 0.588. The molecule has 0 spiro atoms. The first kappa shape index (κ1) is 13.1. The second-order valence-corrected chi connectivity index (χ2v) is 6.91. The van der Waals surface area contributed by atoms with Crippen LogP contribution in [-0.2, 0) is 11.8 Å². The van der Waals surface area contributed by atoms with E-state index in [1.54, 1.807) is 0 Å². The Morgan fingerprint density at radius 1 is 1.17 bits per heavy atom. The number of rotatable bonds is 2. The highest BCUT2D eigenvalue weighted by atomic mass is 14.5. The highest BCUT2D eigenvalue weighted by molar-refractivity contribution is 5.42. The minimum atomic E-state index is -0.0429. The summed E-state index contributed by atoms with van der Waals surface area (Å²) in [6, 6.07) is 7.10. The van der Waals surface area contributed by atoms with Gasteiger partial charge in [-0.2, -0.15) is 5.26 Å². The van der Waals surface area contributed by atoms with Crippen molar-refractivity contribution < 1.29 is 0 Å². The highest BCUT2D eigenvalue weighted by Crippen LogP contribution is 2.48. The maximum absolute atomic E-state index is 9.23. The lowest BCUT2D eigenvalue weighted by molar-refractivity contribution is 0.587. The van der Waals surface area contributed by atoms with Crippen molar-refractivity contribution in [1.82, 2.24) is 0 Å². The van der Waals surface area contributed by atoms with Gasteiger partial charge in [-0.15, -0.1) is 0 Å². The molecule has 0 N–H and O–H groups in total. The number of benzene rings is 1. The predicted octanol–water partition coefficient (Wildman–Crippen LogP) is 4.45. The van der Waals surface area contributed by atoms with Crippen LogP contribution in [0, 0.1) is 30.6 Å². The van der Waals surface area contributed by atoms with Crippen LogP contribution in [0.3, 0.4) is 0 Å². The zero-order valence-corrected chi connectivity index (χ0v) is 12.2. The molecular weight excluding hydrogens is 218 g/mol. The van der Waals surface area contributed by atoms with Gasteiger partial charge in [-0.1, -0.05) is 32.9 Å². The summed E-state index contributed by atoms with van der Waals surface area (Å²) in [4.78, 5) is 0. The molecule has 1 fully saturated rings. The Morgan fingerprint density at radius 2 is 1.67 bits per heavy atom. The van der Waals surface area contributed by atoms with Crippen LogP contribution in [0.25, 0.3) is 0 Å². The third kappa shape index (κ3) is 2.43. The first-order valence-electron chi connectivity index (χ1n) is 6.79. The van der Waals surface area contributed by atoms with Gasteiger partial charge >= 0.3 is 0 Å². The largest absolute Gasteiger partial charge is 0.198 e. The molecule has 1 aliphatic carbocycles. The second kappa shape index (κ2) is 4.12. The van der Waals surface area contributed by atoms with E-state index in [-0.39, 0.29) is 10.8 Å². The quantitative estimate of drug-likeness (QED) is 0.750. The zero-order valence-electron chi connectivity index (χ0n) is 12.2. The van der Waals surface area contributed by atoms with Crippen LogP contribution in [0.4, 0.5) is 0 Å². The van der Waals surface area contributed by atoms with E-state index in [1.165, 1.54) is 22.3 Å². The summed E-state index contributed by atoms with van der Waals surface area (Å²) in [5, 5.41) is 9.23. The normalized spacial score (nSPS) is 17.3. The van der Waals surface area contributed by atoms with Gasteiger partial charge < -0.3 is 0 Å². The molecule has 0 radical (unpaired) electrons. The van der Waals surface area contributed by atoms with E-state index < -0.39 is 0 Å². The molecular formula is C17H23N. The smallest absolute Gasteiger partial charge is 0.0693 e. The van der Waals surface area contributed by atoms with Crippen LogP contribution in [0.1, 0.15) is 55.9 Å². The minimum Gasteiger partial charge on any atom is -0.198 e. The van der Waals surface area contributed by atoms with Gasteiger partial charge in [0.2, 0.25) is 0 Å². The summed E-state index contributed by atoms with van der Waals surface area (Å²) in [7, 11) is 0. The molecule has 0 amide bonds. The highest BCUT2D eigenvalue weighted by Gasteiger charge is 2.43. The first-order valence-corrected chi connectivity index (χ1v) is 6.79. The Balaban J connectivity index is 2.37. The summed E-state index contributed by atoms with van der Waals surface area (Å²) < 4.78 is 0. The monoisotopic (exact) mass is 241 g/mol. The number of hydrogen-bond acceptors (Lipinski definition) is 1. The Hall–Kier alpha value is -1.29. The number of nitrogens with zero attached hydrogens (tertiary/aromatic N) is 1. The van der Waals surface area contributed by atoms with Gasteiger partial charge in [0, 0.05) is 0 Å². The molecule has 96 valence electrons. The average molecular weight is 241 g/mol. The molecule has 1 nitrogen and oxygen atoms in total. The number of aryl methyl sites for hydroxylation is 2. The summed E-state index contributed by atoms with van der Waals surface area (Å²) in [6.07, 6.45) is 3.08. The van der Waals surface area contributed by atoms with Crippen LogP contribution >= 0.6 is 0 Å². The van der Waals surface area contributed by atoms with Crippen molar-refractivity contribution in [3.63, 3.8) is 0 Å². The molecule has 0 atom stereocenters. The van der Waals surface area contributed by atoms with Crippen molar-refractivity contribution in [2.24, 2.45) is 5.41 Å². The van der Waals surface area contributed by atoms with Gasteiger partial charge in [-0.05, 0) is 60.8 Å². The van der Waals surface area contributed by atoms with E-state index >= 15 is 0 Å². The van der Waals surface area contributed by atoms with Crippen LogP contribution < -0.4 is 0 Å². The van der Waals surface area contributed by atoms with Crippen molar-refractivity contribution in [2.45, 2.75) is 59.3 Å². The molecule has 1 heteroatoms. The van der Waals surface area contributed by atoms with Crippen LogP contribution in [0.15, 0.2) is 12.1 Å². The van der Waals surface area contributed by atoms with Crippen LogP contribution in [-0.4, -0.2) is 0 Å². The first-order chi connectivity index (χ1) is 8.27. The lowest BCUT2D eigenvalue weighted by Gasteiger charge is -2.23. The Kier molecular flexibility index (Phi) is 3.01. The fourth-order valence-corrected chi connectivity index (χ4v) is 2.52. The third-order valence-electron chi connectivity index (χ3n) is 4.17. The lowest BCUT2D eigenvalue weighted by Crippen LogP contribution is -2.13. The predicted molar refractivity (Wildman–Crippen MR) is 75.6 cm³/mol. The van der Waals surface area contributed by atoms with Crippen molar-refractivity contribution in [3.8, 4) is 6.07 Å². The molecule has 0 aromatic heterocycles. The molecule has 0 heterocycles. The van der Waals surface area contributed by atoms with Crippen molar-refractivity contribution >= 4 is 0 Å². The molecule has 1 aliphatic rings. The summed E-state index contributed by atoms with van der Waals surface area (Å²) in [6.45, 7) is 11.1.